The molecule has 7 nitrogen and oxygen atoms in total. The molecule has 1 spiro atoms. The van der Waals surface area contributed by atoms with Gasteiger partial charge in [-0.15, -0.1) is 0 Å². The van der Waals surface area contributed by atoms with Crippen molar-refractivity contribution in [1.82, 2.24) is 4.98 Å². The van der Waals surface area contributed by atoms with E-state index in [-0.39, 0.29) is 16.9 Å². The Kier molecular flexibility index (Phi) is 5.26. The number of carbonyl (C=O) groups is 3. The molecule has 1 amide bonds. The molecule has 2 aliphatic rings. The van der Waals surface area contributed by atoms with Gasteiger partial charge >= 0.3 is 5.97 Å². The van der Waals surface area contributed by atoms with E-state index in [1.807, 2.05) is 6.07 Å². The van der Waals surface area contributed by atoms with Crippen LogP contribution >= 0.6 is 0 Å². The predicted molar refractivity (Wildman–Crippen MR) is 120 cm³/mol. The van der Waals surface area contributed by atoms with Crippen molar-refractivity contribution in [3.8, 4) is 0 Å². The molecule has 0 radical (unpaired) electrons. The third-order valence-electron chi connectivity index (χ3n) is 6.38. The van der Waals surface area contributed by atoms with Crippen molar-refractivity contribution < 1.29 is 24.2 Å². The number of hydrogen-bond donors (Lipinski definition) is 2. The molecule has 1 aromatic heterocycles. The molecule has 1 fully saturated rings. The number of aliphatic hydroxyl groups excluding tert-OH is 1. The van der Waals surface area contributed by atoms with E-state index >= 15 is 0 Å². The lowest BCUT2D eigenvalue weighted by Crippen LogP contribution is -2.33. The van der Waals surface area contributed by atoms with Crippen LogP contribution < -0.4 is 5.32 Å². The Morgan fingerprint density at radius 2 is 1.64 bits per heavy atom. The Bertz CT molecular complexity index is 1230. The van der Waals surface area contributed by atoms with Gasteiger partial charge < -0.3 is 15.2 Å². The minimum atomic E-state index is -0.825. The summed E-state index contributed by atoms with van der Waals surface area (Å²) in [5.41, 5.74) is 1.74. The van der Waals surface area contributed by atoms with E-state index < -0.39 is 23.6 Å². The Labute approximate surface area is 190 Å². The highest BCUT2D eigenvalue weighted by Crippen LogP contribution is 2.47. The van der Waals surface area contributed by atoms with Crippen molar-refractivity contribution >= 4 is 23.3 Å². The fourth-order valence-corrected chi connectivity index (χ4v) is 4.58. The number of pyridine rings is 1. The quantitative estimate of drug-likeness (QED) is 0.469. The van der Waals surface area contributed by atoms with Crippen LogP contribution in [0.15, 0.2) is 67.0 Å². The molecule has 0 unspecified atom stereocenters. The summed E-state index contributed by atoms with van der Waals surface area (Å²) in [6.07, 6.45) is 4.58. The molecule has 33 heavy (non-hydrogen) atoms. The summed E-state index contributed by atoms with van der Waals surface area (Å²) < 4.78 is 5.73. The van der Waals surface area contributed by atoms with Crippen LogP contribution in [-0.4, -0.2) is 33.9 Å². The standard InChI is InChI=1S/C26H22N2O5/c29-19-10-12-26(13-11-19)21-15-27-14-20(22(21)25(32)33-26)24(31)28-18-8-6-17(7-9-18)23(30)16-4-2-1-3-5-16/h1-9,14-15,19,29H,10-13H2,(H,28,31)/t19-,26-. The summed E-state index contributed by atoms with van der Waals surface area (Å²) in [4.78, 5) is 42.5. The van der Waals surface area contributed by atoms with E-state index in [1.165, 1.54) is 6.20 Å². The van der Waals surface area contributed by atoms with Crippen LogP contribution in [0, 0.1) is 0 Å². The van der Waals surface area contributed by atoms with E-state index in [2.05, 4.69) is 10.3 Å². The number of rotatable bonds is 4. The zero-order chi connectivity index (χ0) is 23.0. The Morgan fingerprint density at radius 3 is 2.33 bits per heavy atom. The van der Waals surface area contributed by atoms with Gasteiger partial charge in [0, 0.05) is 34.8 Å². The number of anilines is 1. The highest BCUT2D eigenvalue weighted by molar-refractivity contribution is 6.13. The lowest BCUT2D eigenvalue weighted by Gasteiger charge is -2.34. The fraction of sp³-hybridized carbons (Fsp3) is 0.231. The van der Waals surface area contributed by atoms with Crippen LogP contribution in [0.5, 0.6) is 0 Å². The number of nitrogens with zero attached hydrogens (tertiary/aromatic N) is 1. The molecular formula is C26H22N2O5. The number of nitrogens with one attached hydrogen (secondary N) is 1. The van der Waals surface area contributed by atoms with Crippen LogP contribution in [0.3, 0.4) is 0 Å². The van der Waals surface area contributed by atoms with Gasteiger partial charge in [-0.3, -0.25) is 14.6 Å². The summed E-state index contributed by atoms with van der Waals surface area (Å²) in [5.74, 6) is -1.13. The van der Waals surface area contributed by atoms with Gasteiger partial charge in [-0.2, -0.15) is 0 Å². The Morgan fingerprint density at radius 1 is 0.970 bits per heavy atom. The van der Waals surface area contributed by atoms with Crippen LogP contribution in [-0.2, 0) is 10.3 Å². The first-order valence-corrected chi connectivity index (χ1v) is 10.9. The van der Waals surface area contributed by atoms with E-state index in [0.717, 1.165) is 0 Å². The Balaban J connectivity index is 1.37. The fourth-order valence-electron chi connectivity index (χ4n) is 4.58. The van der Waals surface area contributed by atoms with Crippen molar-refractivity contribution in [3.05, 3.63) is 94.8 Å². The van der Waals surface area contributed by atoms with Crippen LogP contribution in [0.4, 0.5) is 5.69 Å². The van der Waals surface area contributed by atoms with Crippen LogP contribution in [0.1, 0.15) is 67.9 Å². The Hall–Kier alpha value is -3.84. The number of aliphatic hydroxyl groups is 1. The summed E-state index contributed by atoms with van der Waals surface area (Å²) in [6.45, 7) is 0. The monoisotopic (exact) mass is 442 g/mol. The number of carbonyl (C=O) groups excluding carboxylic acids is 3. The van der Waals surface area contributed by atoms with Gasteiger partial charge in [-0.1, -0.05) is 30.3 Å². The lowest BCUT2D eigenvalue weighted by atomic mass is 9.78. The molecule has 1 aliphatic carbocycles. The molecule has 0 saturated heterocycles. The van der Waals surface area contributed by atoms with Crippen molar-refractivity contribution in [1.29, 1.82) is 0 Å². The summed E-state index contributed by atoms with van der Waals surface area (Å²) >= 11 is 0. The largest absolute Gasteiger partial charge is 0.450 e. The predicted octanol–water partition coefficient (Wildman–Crippen LogP) is 3.87. The number of fused-ring (bicyclic) bond motifs is 2. The minimum Gasteiger partial charge on any atom is -0.450 e. The maximum Gasteiger partial charge on any atom is 0.340 e. The average Bonchev–Trinajstić information content (AvgIpc) is 3.13. The maximum atomic E-state index is 13.0. The van der Waals surface area contributed by atoms with Gasteiger partial charge in [0.2, 0.25) is 0 Å². The van der Waals surface area contributed by atoms with E-state index in [1.54, 1.807) is 54.7 Å². The second-order valence-corrected chi connectivity index (χ2v) is 8.45. The maximum absolute atomic E-state index is 13.0. The highest BCUT2D eigenvalue weighted by Gasteiger charge is 2.49. The SMILES string of the molecule is O=C(c1ccccc1)c1ccc(NC(=O)c2cncc3c2C(=O)O[C@]32CC[C@H](O)CC2)cc1. The molecule has 166 valence electrons. The lowest BCUT2D eigenvalue weighted by molar-refractivity contribution is -0.0495. The molecule has 5 rings (SSSR count). The van der Waals surface area contributed by atoms with Crippen molar-refractivity contribution in [3.63, 3.8) is 0 Å². The molecule has 7 heteroatoms. The number of benzene rings is 2. The molecule has 2 N–H and O–H groups in total. The molecule has 2 heterocycles. The smallest absolute Gasteiger partial charge is 0.340 e. The number of ether oxygens (including phenoxy) is 1. The van der Waals surface area contributed by atoms with E-state index in [4.69, 9.17) is 4.74 Å². The van der Waals surface area contributed by atoms with Crippen molar-refractivity contribution in [2.45, 2.75) is 37.4 Å². The number of ketones is 1. The third-order valence-corrected chi connectivity index (χ3v) is 6.38. The number of aromatic nitrogens is 1. The molecule has 3 aromatic rings. The molecule has 1 aliphatic heterocycles. The number of hydrogen-bond acceptors (Lipinski definition) is 6. The van der Waals surface area contributed by atoms with Gasteiger partial charge in [0.05, 0.1) is 17.2 Å². The van der Waals surface area contributed by atoms with E-state index in [0.29, 0.717) is 48.1 Å². The van der Waals surface area contributed by atoms with Gasteiger partial charge in [0.15, 0.2) is 5.78 Å². The molecule has 2 aromatic carbocycles. The first-order chi connectivity index (χ1) is 16.0. The normalized spacial score (nSPS) is 21.4. The van der Waals surface area contributed by atoms with Crippen molar-refractivity contribution in [2.75, 3.05) is 5.32 Å². The van der Waals surface area contributed by atoms with Gasteiger partial charge in [-0.25, -0.2) is 4.79 Å². The van der Waals surface area contributed by atoms with Gasteiger partial charge in [0.25, 0.3) is 5.91 Å². The topological polar surface area (TPSA) is 106 Å². The second-order valence-electron chi connectivity index (χ2n) is 8.45. The third kappa shape index (κ3) is 3.81. The summed E-state index contributed by atoms with van der Waals surface area (Å²) in [6, 6.07) is 15.5. The molecule has 0 atom stereocenters. The van der Waals surface area contributed by atoms with Crippen molar-refractivity contribution in [2.24, 2.45) is 0 Å². The van der Waals surface area contributed by atoms with Gasteiger partial charge in [0.1, 0.15) is 5.60 Å². The number of esters is 1. The minimum absolute atomic E-state index is 0.107. The highest BCUT2D eigenvalue weighted by atomic mass is 16.6. The zero-order valence-electron chi connectivity index (χ0n) is 17.8. The first kappa shape index (κ1) is 21.0. The summed E-state index contributed by atoms with van der Waals surface area (Å²) in [7, 11) is 0. The first-order valence-electron chi connectivity index (χ1n) is 10.9. The average molecular weight is 442 g/mol. The summed E-state index contributed by atoms with van der Waals surface area (Å²) in [5, 5.41) is 12.6. The number of amides is 1. The van der Waals surface area contributed by atoms with E-state index in [9.17, 15) is 19.5 Å². The van der Waals surface area contributed by atoms with Crippen LogP contribution in [0.25, 0.3) is 0 Å². The second kappa shape index (κ2) is 8.26. The molecule has 0 bridgehead atoms. The molecular weight excluding hydrogens is 420 g/mol. The molecule has 1 saturated carbocycles. The zero-order valence-corrected chi connectivity index (χ0v) is 17.8. The van der Waals surface area contributed by atoms with Gasteiger partial charge in [-0.05, 0) is 49.9 Å². The van der Waals surface area contributed by atoms with Crippen LogP contribution in [0.2, 0.25) is 0 Å².